The minimum atomic E-state index is 0.502. The van der Waals surface area contributed by atoms with Crippen LogP contribution in [0.2, 0.25) is 0 Å². The van der Waals surface area contributed by atoms with E-state index in [4.69, 9.17) is 0 Å². The number of allylic oxidation sites excluding steroid dienone is 4. The Labute approximate surface area is 169 Å². The molecular formula is C27H44. The van der Waals surface area contributed by atoms with Gasteiger partial charge in [-0.05, 0) is 87.9 Å². The summed E-state index contributed by atoms with van der Waals surface area (Å²) in [7, 11) is 0. The van der Waals surface area contributed by atoms with Crippen molar-refractivity contribution in [3.8, 4) is 0 Å². The van der Waals surface area contributed by atoms with Crippen molar-refractivity contribution in [3.63, 3.8) is 0 Å². The molecule has 152 valence electrons. The maximum Gasteiger partial charge on any atom is 0.0129 e. The van der Waals surface area contributed by atoms with Gasteiger partial charge in [0.2, 0.25) is 0 Å². The van der Waals surface area contributed by atoms with Crippen molar-refractivity contribution in [2.75, 3.05) is 0 Å². The lowest BCUT2D eigenvalue weighted by Crippen LogP contribution is -2.36. The van der Waals surface area contributed by atoms with Gasteiger partial charge in [-0.3, -0.25) is 0 Å². The summed E-state index contributed by atoms with van der Waals surface area (Å²) in [5.41, 5.74) is 8.70. The highest BCUT2D eigenvalue weighted by atomic mass is 14.6. The first-order valence-electron chi connectivity index (χ1n) is 12.3. The highest BCUT2D eigenvalue weighted by Gasteiger charge is 2.53. The standard InChI is InChI=1S/C27H44/c1-19(2)9-8-10-20(3)23-14-17-27(21(23)4)18-15-24-25(27)13-12-22-11-6-7-16-26(22,24)5/h19-20,22H,6-18H2,1-5H3/t20-,22-,26-,27-/m0/s1. The van der Waals surface area contributed by atoms with Crippen molar-refractivity contribution in [3.05, 3.63) is 22.3 Å². The van der Waals surface area contributed by atoms with Crippen LogP contribution in [0.5, 0.6) is 0 Å². The van der Waals surface area contributed by atoms with Gasteiger partial charge in [-0.15, -0.1) is 0 Å². The van der Waals surface area contributed by atoms with Gasteiger partial charge in [-0.25, -0.2) is 0 Å². The molecule has 27 heavy (non-hydrogen) atoms. The van der Waals surface area contributed by atoms with Crippen molar-refractivity contribution in [1.29, 1.82) is 0 Å². The lowest BCUT2D eigenvalue weighted by atomic mass is 9.57. The molecule has 0 N–H and O–H groups in total. The minimum Gasteiger partial charge on any atom is -0.0675 e. The summed E-state index contributed by atoms with van der Waals surface area (Å²) in [6.07, 6.45) is 18.8. The monoisotopic (exact) mass is 368 g/mol. The van der Waals surface area contributed by atoms with Crippen LogP contribution in [0.15, 0.2) is 22.3 Å². The van der Waals surface area contributed by atoms with E-state index in [9.17, 15) is 0 Å². The second kappa shape index (κ2) is 7.38. The number of hydrogen-bond acceptors (Lipinski definition) is 0. The lowest BCUT2D eigenvalue weighted by Gasteiger charge is -2.48. The largest absolute Gasteiger partial charge is 0.0675 e. The zero-order valence-corrected chi connectivity index (χ0v) is 18.9. The van der Waals surface area contributed by atoms with Gasteiger partial charge in [0.25, 0.3) is 0 Å². The summed E-state index contributed by atoms with van der Waals surface area (Å²) in [6.45, 7) is 12.5. The molecule has 0 amide bonds. The van der Waals surface area contributed by atoms with Gasteiger partial charge in [0.05, 0.1) is 0 Å². The maximum absolute atomic E-state index is 2.66. The van der Waals surface area contributed by atoms with Gasteiger partial charge >= 0.3 is 0 Å². The van der Waals surface area contributed by atoms with E-state index in [0.29, 0.717) is 10.8 Å². The SMILES string of the molecule is CC1=C([C@@H](C)CCCC(C)C)CC[C@]12CCC1=C2CC[C@@H]2CCCC[C@]12C. The molecule has 1 saturated carbocycles. The molecule has 0 aromatic heterocycles. The van der Waals surface area contributed by atoms with Crippen molar-refractivity contribution in [1.82, 2.24) is 0 Å². The molecule has 0 saturated heterocycles. The first kappa shape index (κ1) is 19.8. The molecule has 0 aliphatic heterocycles. The van der Waals surface area contributed by atoms with E-state index in [-0.39, 0.29) is 0 Å². The second-order valence-corrected chi connectivity index (χ2v) is 11.3. The summed E-state index contributed by atoms with van der Waals surface area (Å²) in [5, 5.41) is 0. The summed E-state index contributed by atoms with van der Waals surface area (Å²) in [4.78, 5) is 0. The van der Waals surface area contributed by atoms with Gasteiger partial charge in [0.15, 0.2) is 0 Å². The van der Waals surface area contributed by atoms with Crippen LogP contribution in [0.25, 0.3) is 0 Å². The van der Waals surface area contributed by atoms with Gasteiger partial charge in [-0.2, -0.15) is 0 Å². The Balaban J connectivity index is 1.58. The van der Waals surface area contributed by atoms with E-state index >= 15 is 0 Å². The average molecular weight is 369 g/mol. The fourth-order valence-electron chi connectivity index (χ4n) is 7.88. The summed E-state index contributed by atoms with van der Waals surface area (Å²) < 4.78 is 0. The molecule has 4 aliphatic rings. The van der Waals surface area contributed by atoms with Gasteiger partial charge in [-0.1, -0.05) is 75.7 Å². The Morgan fingerprint density at radius 2 is 1.67 bits per heavy atom. The Morgan fingerprint density at radius 3 is 2.44 bits per heavy atom. The summed E-state index contributed by atoms with van der Waals surface area (Å²) in [6, 6.07) is 0. The molecule has 0 bridgehead atoms. The van der Waals surface area contributed by atoms with E-state index in [2.05, 4.69) is 34.6 Å². The molecule has 4 aliphatic carbocycles. The fourth-order valence-corrected chi connectivity index (χ4v) is 7.88. The molecule has 0 heteroatoms. The maximum atomic E-state index is 2.66. The molecule has 4 rings (SSSR count). The summed E-state index contributed by atoms with van der Waals surface area (Å²) in [5.74, 6) is 2.67. The van der Waals surface area contributed by atoms with Crippen LogP contribution in [0.3, 0.4) is 0 Å². The highest BCUT2D eigenvalue weighted by molar-refractivity contribution is 5.46. The van der Waals surface area contributed by atoms with Crippen LogP contribution in [0, 0.1) is 28.6 Å². The topological polar surface area (TPSA) is 0 Å². The third-order valence-electron chi connectivity index (χ3n) is 9.61. The number of hydrogen-bond donors (Lipinski definition) is 0. The van der Waals surface area contributed by atoms with Crippen LogP contribution in [0.1, 0.15) is 118 Å². The molecule has 4 atom stereocenters. The molecular weight excluding hydrogens is 324 g/mol. The first-order chi connectivity index (χ1) is 12.9. The molecule has 0 aromatic rings. The second-order valence-electron chi connectivity index (χ2n) is 11.3. The van der Waals surface area contributed by atoms with Crippen molar-refractivity contribution in [2.45, 2.75) is 118 Å². The molecule has 0 aromatic carbocycles. The van der Waals surface area contributed by atoms with Gasteiger partial charge in [0, 0.05) is 5.41 Å². The van der Waals surface area contributed by atoms with E-state index in [1.54, 1.807) is 0 Å². The Hall–Kier alpha value is -0.520. The quantitative estimate of drug-likeness (QED) is 0.426. The van der Waals surface area contributed by atoms with Crippen LogP contribution in [-0.4, -0.2) is 0 Å². The van der Waals surface area contributed by atoms with Crippen LogP contribution >= 0.6 is 0 Å². The molecule has 1 fully saturated rings. The van der Waals surface area contributed by atoms with Crippen molar-refractivity contribution in [2.24, 2.45) is 28.6 Å². The average Bonchev–Trinajstić information content (AvgIpc) is 3.17. The third kappa shape index (κ3) is 3.18. The van der Waals surface area contributed by atoms with Gasteiger partial charge in [0.1, 0.15) is 0 Å². The zero-order valence-electron chi connectivity index (χ0n) is 18.9. The highest BCUT2D eigenvalue weighted by Crippen LogP contribution is 2.66. The van der Waals surface area contributed by atoms with Gasteiger partial charge < -0.3 is 0 Å². The fraction of sp³-hybridized carbons (Fsp3) is 0.852. The zero-order chi connectivity index (χ0) is 19.2. The van der Waals surface area contributed by atoms with Crippen molar-refractivity contribution < 1.29 is 0 Å². The normalized spacial score (nSPS) is 37.3. The number of rotatable bonds is 5. The van der Waals surface area contributed by atoms with Crippen LogP contribution in [0.4, 0.5) is 0 Å². The van der Waals surface area contributed by atoms with E-state index < -0.39 is 0 Å². The predicted molar refractivity (Wildman–Crippen MR) is 118 cm³/mol. The Kier molecular flexibility index (Phi) is 5.41. The van der Waals surface area contributed by atoms with E-state index in [0.717, 1.165) is 17.8 Å². The van der Waals surface area contributed by atoms with E-state index in [1.807, 2.05) is 22.3 Å². The summed E-state index contributed by atoms with van der Waals surface area (Å²) >= 11 is 0. The Morgan fingerprint density at radius 1 is 0.889 bits per heavy atom. The van der Waals surface area contributed by atoms with Crippen molar-refractivity contribution >= 4 is 0 Å². The Bertz CT molecular complexity index is 632. The molecule has 0 nitrogen and oxygen atoms in total. The van der Waals surface area contributed by atoms with Crippen LogP contribution < -0.4 is 0 Å². The first-order valence-corrected chi connectivity index (χ1v) is 12.3. The molecule has 0 unspecified atom stereocenters. The molecule has 1 spiro atoms. The minimum absolute atomic E-state index is 0.502. The lowest BCUT2D eigenvalue weighted by molar-refractivity contribution is 0.132. The molecule has 0 heterocycles. The molecule has 0 radical (unpaired) electrons. The third-order valence-corrected chi connectivity index (χ3v) is 9.61. The number of fused-ring (bicyclic) bond motifs is 3. The van der Waals surface area contributed by atoms with Crippen LogP contribution in [-0.2, 0) is 0 Å². The smallest absolute Gasteiger partial charge is 0.0129 e. The predicted octanol–water partition coefficient (Wildman–Crippen LogP) is 8.63. The van der Waals surface area contributed by atoms with E-state index in [1.165, 1.54) is 83.5 Å².